The summed E-state index contributed by atoms with van der Waals surface area (Å²) in [6.45, 7) is 6.13. The molecule has 17 heavy (non-hydrogen) atoms. The van der Waals surface area contributed by atoms with E-state index in [9.17, 15) is 4.79 Å². The lowest BCUT2D eigenvalue weighted by molar-refractivity contribution is 0.0758. The first-order valence-corrected chi connectivity index (χ1v) is 6.08. The molecule has 1 amide bonds. The van der Waals surface area contributed by atoms with Gasteiger partial charge in [-0.25, -0.2) is 0 Å². The number of rotatable bonds is 1. The summed E-state index contributed by atoms with van der Waals surface area (Å²) in [6.07, 6.45) is 4.76. The highest BCUT2D eigenvalue weighted by atomic mass is 16.2. The van der Waals surface area contributed by atoms with Crippen molar-refractivity contribution in [2.24, 2.45) is 5.41 Å². The fraction of sp³-hybridized carbons (Fsp3) is 0.667. The van der Waals surface area contributed by atoms with Gasteiger partial charge in [-0.15, -0.1) is 0 Å². The highest BCUT2D eigenvalue weighted by Gasteiger charge is 2.27. The summed E-state index contributed by atoms with van der Waals surface area (Å²) in [7, 11) is 0. The Kier molecular flexibility index (Phi) is 3.09. The van der Waals surface area contributed by atoms with Crippen molar-refractivity contribution in [2.75, 3.05) is 18.8 Å². The van der Waals surface area contributed by atoms with E-state index in [2.05, 4.69) is 24.0 Å². The summed E-state index contributed by atoms with van der Waals surface area (Å²) < 4.78 is 0. The van der Waals surface area contributed by atoms with Crippen LogP contribution in [0.1, 0.15) is 43.5 Å². The zero-order valence-corrected chi connectivity index (χ0v) is 10.5. The number of H-pyrrole nitrogens is 1. The van der Waals surface area contributed by atoms with E-state index in [-0.39, 0.29) is 5.91 Å². The first-order valence-electron chi connectivity index (χ1n) is 6.08. The van der Waals surface area contributed by atoms with Crippen LogP contribution in [0.15, 0.2) is 6.20 Å². The van der Waals surface area contributed by atoms with E-state index >= 15 is 0 Å². The third-order valence-corrected chi connectivity index (χ3v) is 3.53. The van der Waals surface area contributed by atoms with E-state index in [1.54, 1.807) is 0 Å². The summed E-state index contributed by atoms with van der Waals surface area (Å²) in [4.78, 5) is 14.1. The van der Waals surface area contributed by atoms with Gasteiger partial charge in [0.05, 0.1) is 6.20 Å². The first kappa shape index (κ1) is 12.0. The third-order valence-electron chi connectivity index (χ3n) is 3.53. The van der Waals surface area contributed by atoms with E-state index in [0.29, 0.717) is 16.8 Å². The maximum absolute atomic E-state index is 12.2. The van der Waals surface area contributed by atoms with E-state index in [1.807, 2.05) is 4.90 Å². The quantitative estimate of drug-likeness (QED) is 0.778. The number of aromatic nitrogens is 2. The largest absolute Gasteiger partial charge is 0.383 e. The number of likely N-dealkylation sites (tertiary alicyclic amines) is 1. The second kappa shape index (κ2) is 4.39. The molecule has 0 bridgehead atoms. The van der Waals surface area contributed by atoms with Gasteiger partial charge in [0.1, 0.15) is 11.4 Å². The van der Waals surface area contributed by atoms with E-state index in [1.165, 1.54) is 6.20 Å². The number of nitrogens with two attached hydrogens (primary N) is 1. The summed E-state index contributed by atoms with van der Waals surface area (Å²) in [5.41, 5.74) is 6.50. The molecule has 0 unspecified atom stereocenters. The Morgan fingerprint density at radius 3 is 2.88 bits per heavy atom. The fourth-order valence-electron chi connectivity index (χ4n) is 2.26. The first-order chi connectivity index (χ1) is 7.99. The number of nitrogens with one attached hydrogen (secondary N) is 1. The molecule has 1 saturated heterocycles. The number of hydrogen-bond donors (Lipinski definition) is 2. The topological polar surface area (TPSA) is 75.0 Å². The van der Waals surface area contributed by atoms with Crippen molar-refractivity contribution < 1.29 is 4.79 Å². The number of anilines is 1. The molecule has 0 aliphatic carbocycles. The standard InChI is InChI=1S/C12H20N4O/c1-12(2)4-3-6-16(7-5-12)11(17)9-8-14-15-10(9)13/h8H,3-7H2,1-2H3,(H3,13,14,15). The minimum atomic E-state index is -0.00560. The smallest absolute Gasteiger partial charge is 0.259 e. The Bertz CT molecular complexity index is 410. The molecule has 1 fully saturated rings. The molecule has 0 radical (unpaired) electrons. The second-order valence-electron chi connectivity index (χ2n) is 5.51. The molecule has 0 atom stereocenters. The predicted octanol–water partition coefficient (Wildman–Crippen LogP) is 1.64. The van der Waals surface area contributed by atoms with Crippen LogP contribution in [0.2, 0.25) is 0 Å². The van der Waals surface area contributed by atoms with Crippen LogP contribution in [0.5, 0.6) is 0 Å². The number of nitrogens with zero attached hydrogens (tertiary/aromatic N) is 2. The maximum Gasteiger partial charge on any atom is 0.259 e. The SMILES string of the molecule is CC1(C)CCCN(C(=O)c2cn[nH]c2N)CC1. The number of aromatic amines is 1. The van der Waals surface area contributed by atoms with Gasteiger partial charge >= 0.3 is 0 Å². The summed E-state index contributed by atoms with van der Waals surface area (Å²) in [5, 5.41) is 6.39. The molecular formula is C12H20N4O. The Labute approximate surface area is 101 Å². The van der Waals surface area contributed by atoms with E-state index in [0.717, 1.165) is 32.4 Å². The maximum atomic E-state index is 12.2. The second-order valence-corrected chi connectivity index (χ2v) is 5.51. The predicted molar refractivity (Wildman–Crippen MR) is 66.5 cm³/mol. The summed E-state index contributed by atoms with van der Waals surface area (Å²) in [6, 6.07) is 0. The molecule has 0 aromatic carbocycles. The molecule has 5 heteroatoms. The number of hydrogen-bond acceptors (Lipinski definition) is 3. The van der Waals surface area contributed by atoms with E-state index < -0.39 is 0 Å². The van der Waals surface area contributed by atoms with Gasteiger partial charge in [0.2, 0.25) is 0 Å². The van der Waals surface area contributed by atoms with Crippen molar-refractivity contribution in [2.45, 2.75) is 33.1 Å². The van der Waals surface area contributed by atoms with Gasteiger partial charge in [-0.3, -0.25) is 9.89 Å². The highest BCUT2D eigenvalue weighted by molar-refractivity contribution is 5.98. The van der Waals surface area contributed by atoms with Crippen LogP contribution in [0.25, 0.3) is 0 Å². The third kappa shape index (κ3) is 2.60. The van der Waals surface area contributed by atoms with Crippen LogP contribution in [-0.2, 0) is 0 Å². The molecule has 3 N–H and O–H groups in total. The summed E-state index contributed by atoms with van der Waals surface area (Å²) >= 11 is 0. The average Bonchev–Trinajstić information content (AvgIpc) is 2.59. The zero-order chi connectivity index (χ0) is 12.5. The lowest BCUT2D eigenvalue weighted by atomic mass is 9.85. The number of carbonyl (C=O) groups excluding carboxylic acids is 1. The lowest BCUT2D eigenvalue weighted by Crippen LogP contribution is -2.32. The van der Waals surface area contributed by atoms with Gasteiger partial charge in [0, 0.05) is 13.1 Å². The van der Waals surface area contributed by atoms with Crippen LogP contribution < -0.4 is 5.73 Å². The Balaban J connectivity index is 2.08. The molecule has 5 nitrogen and oxygen atoms in total. The molecule has 2 rings (SSSR count). The Morgan fingerprint density at radius 2 is 2.24 bits per heavy atom. The van der Waals surface area contributed by atoms with E-state index in [4.69, 9.17) is 5.73 Å². The fourth-order valence-corrected chi connectivity index (χ4v) is 2.26. The van der Waals surface area contributed by atoms with Crippen molar-refractivity contribution in [1.82, 2.24) is 15.1 Å². The molecular weight excluding hydrogens is 216 g/mol. The molecule has 1 aliphatic heterocycles. The van der Waals surface area contributed by atoms with Gasteiger partial charge in [0.15, 0.2) is 0 Å². The van der Waals surface area contributed by atoms with Crippen molar-refractivity contribution in [1.29, 1.82) is 0 Å². The molecule has 0 spiro atoms. The number of amides is 1. The number of carbonyl (C=O) groups is 1. The van der Waals surface area contributed by atoms with Crippen molar-refractivity contribution in [3.63, 3.8) is 0 Å². The zero-order valence-electron chi connectivity index (χ0n) is 10.5. The highest BCUT2D eigenvalue weighted by Crippen LogP contribution is 2.30. The summed E-state index contributed by atoms with van der Waals surface area (Å²) in [5.74, 6) is 0.354. The minimum Gasteiger partial charge on any atom is -0.383 e. The molecule has 1 aromatic rings. The molecule has 1 aromatic heterocycles. The minimum absolute atomic E-state index is 0.00560. The van der Waals surface area contributed by atoms with Gasteiger partial charge < -0.3 is 10.6 Å². The lowest BCUT2D eigenvalue weighted by Gasteiger charge is -2.23. The average molecular weight is 236 g/mol. The van der Waals surface area contributed by atoms with Gasteiger partial charge in [0.25, 0.3) is 5.91 Å². The number of nitrogen functional groups attached to an aromatic ring is 1. The van der Waals surface area contributed by atoms with Crippen LogP contribution in [-0.4, -0.2) is 34.1 Å². The molecule has 1 aliphatic rings. The van der Waals surface area contributed by atoms with Crippen molar-refractivity contribution >= 4 is 11.7 Å². The van der Waals surface area contributed by atoms with Crippen LogP contribution >= 0.6 is 0 Å². The molecule has 94 valence electrons. The Morgan fingerprint density at radius 1 is 1.47 bits per heavy atom. The molecule has 2 heterocycles. The Hall–Kier alpha value is -1.52. The van der Waals surface area contributed by atoms with Crippen LogP contribution in [0.3, 0.4) is 0 Å². The van der Waals surface area contributed by atoms with Gasteiger partial charge in [-0.1, -0.05) is 13.8 Å². The van der Waals surface area contributed by atoms with Crippen molar-refractivity contribution in [3.05, 3.63) is 11.8 Å². The normalized spacial score (nSPS) is 20.0. The van der Waals surface area contributed by atoms with Crippen molar-refractivity contribution in [3.8, 4) is 0 Å². The van der Waals surface area contributed by atoms with Gasteiger partial charge in [-0.05, 0) is 24.7 Å². The van der Waals surface area contributed by atoms with Crippen LogP contribution in [0.4, 0.5) is 5.82 Å². The molecule has 0 saturated carbocycles. The monoisotopic (exact) mass is 236 g/mol. The van der Waals surface area contributed by atoms with Gasteiger partial charge in [-0.2, -0.15) is 5.10 Å². The van der Waals surface area contributed by atoms with Crippen LogP contribution in [0, 0.1) is 5.41 Å².